The zero-order chi connectivity index (χ0) is 12.7. The molecule has 92 valence electrons. The summed E-state index contributed by atoms with van der Waals surface area (Å²) in [5.41, 5.74) is 4.60. The van der Waals surface area contributed by atoms with Crippen molar-refractivity contribution in [2.24, 2.45) is 0 Å². The number of aryl methyl sites for hydroxylation is 2. The fraction of sp³-hybridized carbons (Fsp3) is 0.214. The Morgan fingerprint density at radius 1 is 1.17 bits per heavy atom. The summed E-state index contributed by atoms with van der Waals surface area (Å²) in [7, 11) is 1.68. The van der Waals surface area contributed by atoms with E-state index in [-0.39, 0.29) is 0 Å². The van der Waals surface area contributed by atoms with Crippen molar-refractivity contribution in [1.29, 1.82) is 0 Å². The van der Waals surface area contributed by atoms with Gasteiger partial charge in [-0.15, -0.1) is 11.3 Å². The summed E-state index contributed by atoms with van der Waals surface area (Å²) in [4.78, 5) is 5.75. The van der Waals surface area contributed by atoms with Crippen molar-refractivity contribution >= 4 is 16.3 Å². The van der Waals surface area contributed by atoms with E-state index in [0.717, 1.165) is 22.0 Å². The van der Waals surface area contributed by atoms with E-state index in [9.17, 15) is 0 Å². The molecule has 0 aliphatic rings. The molecule has 2 aromatic heterocycles. The second-order valence-corrected chi connectivity index (χ2v) is 5.11. The first-order valence-corrected chi connectivity index (χ1v) is 6.66. The second kappa shape index (κ2) is 4.14. The van der Waals surface area contributed by atoms with E-state index >= 15 is 0 Å². The first kappa shape index (κ1) is 11.3. The topological polar surface area (TPSA) is 26.5 Å². The smallest absolute Gasteiger partial charge is 0.194 e. The summed E-state index contributed by atoms with van der Waals surface area (Å²) in [6.45, 7) is 4.22. The average molecular weight is 258 g/mol. The van der Waals surface area contributed by atoms with Gasteiger partial charge in [-0.25, -0.2) is 4.98 Å². The maximum Gasteiger partial charge on any atom is 0.194 e. The first-order valence-electron chi connectivity index (χ1n) is 5.78. The van der Waals surface area contributed by atoms with Crippen molar-refractivity contribution in [3.05, 3.63) is 41.0 Å². The lowest BCUT2D eigenvalue weighted by Crippen LogP contribution is -1.88. The molecule has 0 radical (unpaired) electrons. The van der Waals surface area contributed by atoms with Gasteiger partial charge in [0.05, 0.1) is 12.8 Å². The van der Waals surface area contributed by atoms with Crippen LogP contribution < -0.4 is 4.74 Å². The Hall–Kier alpha value is -1.81. The van der Waals surface area contributed by atoms with Gasteiger partial charge in [0.2, 0.25) is 0 Å². The lowest BCUT2D eigenvalue weighted by atomic mass is 10.1. The van der Waals surface area contributed by atoms with Crippen LogP contribution in [-0.4, -0.2) is 16.5 Å². The summed E-state index contributed by atoms with van der Waals surface area (Å²) in [5.74, 6) is 0.869. The summed E-state index contributed by atoms with van der Waals surface area (Å²) >= 11 is 1.68. The second-order valence-electron chi connectivity index (χ2n) is 4.27. The van der Waals surface area contributed by atoms with E-state index in [1.807, 2.05) is 24.3 Å². The normalized spacial score (nSPS) is 11.1. The van der Waals surface area contributed by atoms with Gasteiger partial charge in [0.25, 0.3) is 0 Å². The minimum Gasteiger partial charge on any atom is -0.497 e. The number of fused-ring (bicyclic) bond motifs is 1. The van der Waals surface area contributed by atoms with E-state index in [0.29, 0.717) is 0 Å². The van der Waals surface area contributed by atoms with Gasteiger partial charge in [0, 0.05) is 22.3 Å². The highest BCUT2D eigenvalue weighted by Crippen LogP contribution is 2.28. The fourth-order valence-electron chi connectivity index (χ4n) is 2.18. The van der Waals surface area contributed by atoms with Crippen LogP contribution in [0.15, 0.2) is 29.6 Å². The molecule has 0 N–H and O–H groups in total. The Balaban J connectivity index is 2.15. The summed E-state index contributed by atoms with van der Waals surface area (Å²) < 4.78 is 7.37. The van der Waals surface area contributed by atoms with Crippen molar-refractivity contribution in [3.63, 3.8) is 0 Å². The molecule has 0 atom stereocenters. The molecule has 0 amide bonds. The monoisotopic (exact) mass is 258 g/mol. The number of aromatic nitrogens is 2. The molecule has 0 aliphatic heterocycles. The molecular formula is C14H14N2OS. The Labute approximate surface area is 110 Å². The number of ether oxygens (including phenoxy) is 1. The standard InChI is InChI=1S/C14H14N2OS/c1-9-8-18-14-15-13(10(2)16(9)14)11-4-6-12(17-3)7-5-11/h4-8H,1-3H3. The number of methoxy groups -OCH3 is 1. The number of thiazole rings is 1. The van der Waals surface area contributed by atoms with Crippen molar-refractivity contribution < 1.29 is 4.74 Å². The number of hydrogen-bond acceptors (Lipinski definition) is 3. The van der Waals surface area contributed by atoms with Crippen LogP contribution >= 0.6 is 11.3 Å². The largest absolute Gasteiger partial charge is 0.497 e. The third-order valence-electron chi connectivity index (χ3n) is 3.13. The third-order valence-corrected chi connectivity index (χ3v) is 4.07. The molecule has 3 aromatic rings. The Bertz CT molecular complexity index is 694. The van der Waals surface area contributed by atoms with Gasteiger partial charge in [0.15, 0.2) is 4.96 Å². The molecule has 0 unspecified atom stereocenters. The minimum atomic E-state index is 0.869. The highest BCUT2D eigenvalue weighted by molar-refractivity contribution is 7.15. The molecule has 3 nitrogen and oxygen atoms in total. The molecule has 4 heteroatoms. The molecular weight excluding hydrogens is 244 g/mol. The highest BCUT2D eigenvalue weighted by Gasteiger charge is 2.12. The Morgan fingerprint density at radius 2 is 1.89 bits per heavy atom. The first-order chi connectivity index (χ1) is 8.70. The van der Waals surface area contributed by atoms with Gasteiger partial charge in [0.1, 0.15) is 5.75 Å². The van der Waals surface area contributed by atoms with Crippen LogP contribution in [0.2, 0.25) is 0 Å². The van der Waals surface area contributed by atoms with E-state index in [1.165, 1.54) is 11.4 Å². The lowest BCUT2D eigenvalue weighted by molar-refractivity contribution is 0.415. The molecule has 0 saturated carbocycles. The van der Waals surface area contributed by atoms with E-state index in [4.69, 9.17) is 9.72 Å². The fourth-order valence-corrected chi connectivity index (χ4v) is 3.10. The number of nitrogens with zero attached hydrogens (tertiary/aromatic N) is 2. The van der Waals surface area contributed by atoms with Gasteiger partial charge in [-0.2, -0.15) is 0 Å². The summed E-state index contributed by atoms with van der Waals surface area (Å²) in [5, 5.41) is 2.13. The van der Waals surface area contributed by atoms with Crippen molar-refractivity contribution in [2.45, 2.75) is 13.8 Å². The highest BCUT2D eigenvalue weighted by atomic mass is 32.1. The van der Waals surface area contributed by atoms with Crippen molar-refractivity contribution in [1.82, 2.24) is 9.38 Å². The minimum absolute atomic E-state index is 0.869. The van der Waals surface area contributed by atoms with E-state index < -0.39 is 0 Å². The molecule has 1 aromatic carbocycles. The van der Waals surface area contributed by atoms with Crippen LogP contribution in [0.1, 0.15) is 11.4 Å². The summed E-state index contributed by atoms with van der Waals surface area (Å²) in [6.07, 6.45) is 0. The van der Waals surface area contributed by atoms with Crippen LogP contribution in [-0.2, 0) is 0 Å². The van der Waals surface area contributed by atoms with Crippen LogP contribution in [0.5, 0.6) is 5.75 Å². The molecule has 2 heterocycles. The van der Waals surface area contributed by atoms with Crippen LogP contribution in [0.4, 0.5) is 0 Å². The number of imidazole rings is 1. The predicted octanol–water partition coefficient (Wildman–Crippen LogP) is 3.69. The van der Waals surface area contributed by atoms with Gasteiger partial charge < -0.3 is 4.74 Å². The maximum absolute atomic E-state index is 5.17. The molecule has 3 rings (SSSR count). The third kappa shape index (κ3) is 1.61. The number of benzene rings is 1. The van der Waals surface area contributed by atoms with E-state index in [2.05, 4.69) is 23.6 Å². The van der Waals surface area contributed by atoms with Crippen LogP contribution in [0.3, 0.4) is 0 Å². The SMILES string of the molecule is COc1ccc(-c2nc3scc(C)n3c2C)cc1. The molecule has 18 heavy (non-hydrogen) atoms. The molecule has 0 saturated heterocycles. The molecule has 0 fully saturated rings. The van der Waals surface area contributed by atoms with Crippen molar-refractivity contribution in [2.75, 3.05) is 7.11 Å². The Morgan fingerprint density at radius 3 is 2.50 bits per heavy atom. The molecule has 0 spiro atoms. The van der Waals surface area contributed by atoms with Gasteiger partial charge in [-0.3, -0.25) is 4.40 Å². The van der Waals surface area contributed by atoms with Gasteiger partial charge in [-0.05, 0) is 38.1 Å². The molecule has 0 aliphatic carbocycles. The zero-order valence-corrected chi connectivity index (χ0v) is 11.4. The molecule has 0 bridgehead atoms. The Kier molecular flexibility index (Phi) is 2.59. The quantitative estimate of drug-likeness (QED) is 0.701. The van der Waals surface area contributed by atoms with Crippen LogP contribution in [0, 0.1) is 13.8 Å². The average Bonchev–Trinajstić information content (AvgIpc) is 2.92. The lowest BCUT2D eigenvalue weighted by Gasteiger charge is -2.02. The van der Waals surface area contributed by atoms with E-state index in [1.54, 1.807) is 18.4 Å². The number of hydrogen-bond donors (Lipinski definition) is 0. The number of rotatable bonds is 2. The van der Waals surface area contributed by atoms with Gasteiger partial charge >= 0.3 is 0 Å². The van der Waals surface area contributed by atoms with Crippen LogP contribution in [0.25, 0.3) is 16.2 Å². The summed E-state index contributed by atoms with van der Waals surface area (Å²) in [6, 6.07) is 8.03. The predicted molar refractivity (Wildman–Crippen MR) is 74.5 cm³/mol. The van der Waals surface area contributed by atoms with Gasteiger partial charge in [-0.1, -0.05) is 0 Å². The maximum atomic E-state index is 5.17. The zero-order valence-electron chi connectivity index (χ0n) is 10.6. The van der Waals surface area contributed by atoms with Crippen molar-refractivity contribution in [3.8, 4) is 17.0 Å².